The highest BCUT2D eigenvalue weighted by Gasteiger charge is 2.39. The fraction of sp³-hybridized carbons (Fsp3) is 0.500. The Kier molecular flexibility index (Phi) is 3.03. The second kappa shape index (κ2) is 4.14. The van der Waals surface area contributed by atoms with Crippen LogP contribution in [0.15, 0.2) is 22.7 Å². The van der Waals surface area contributed by atoms with E-state index in [1.165, 1.54) is 5.56 Å². The fourth-order valence-corrected chi connectivity index (χ4v) is 2.22. The molecular weight excluding hydrogens is 256 g/mol. The summed E-state index contributed by atoms with van der Waals surface area (Å²) in [6.45, 7) is 0. The number of hydrogen-bond donors (Lipinski definition) is 1. The van der Waals surface area contributed by atoms with E-state index in [1.54, 1.807) is 7.11 Å². The molecule has 3 heteroatoms. The van der Waals surface area contributed by atoms with Gasteiger partial charge in [0.1, 0.15) is 5.75 Å². The summed E-state index contributed by atoms with van der Waals surface area (Å²) in [7, 11) is 1.66. The largest absolute Gasteiger partial charge is 0.496 e. The van der Waals surface area contributed by atoms with Crippen LogP contribution in [-0.4, -0.2) is 17.8 Å². The number of aliphatic hydroxyl groups is 1. The second-order valence-electron chi connectivity index (χ2n) is 4.19. The maximum absolute atomic E-state index is 9.72. The van der Waals surface area contributed by atoms with E-state index in [2.05, 4.69) is 28.1 Å². The summed E-state index contributed by atoms with van der Waals surface area (Å²) in [6.07, 6.45) is 3.72. The van der Waals surface area contributed by atoms with Crippen molar-refractivity contribution in [1.82, 2.24) is 0 Å². The van der Waals surface area contributed by atoms with Crippen molar-refractivity contribution < 1.29 is 9.84 Å². The zero-order valence-electron chi connectivity index (χ0n) is 8.79. The van der Waals surface area contributed by atoms with Gasteiger partial charge < -0.3 is 9.84 Å². The molecule has 2 rings (SSSR count). The van der Waals surface area contributed by atoms with Gasteiger partial charge in [0.05, 0.1) is 17.2 Å². The van der Waals surface area contributed by atoms with Gasteiger partial charge in [-0.05, 0) is 59.3 Å². The normalized spacial score (nSPS) is 17.5. The molecule has 1 aromatic carbocycles. The molecule has 1 aromatic rings. The van der Waals surface area contributed by atoms with Gasteiger partial charge in [0.2, 0.25) is 0 Å². The average Bonchev–Trinajstić information content (AvgIpc) is 2.95. The molecule has 1 saturated carbocycles. The van der Waals surface area contributed by atoms with Gasteiger partial charge in [0.15, 0.2) is 0 Å². The van der Waals surface area contributed by atoms with Crippen LogP contribution in [0.2, 0.25) is 0 Å². The molecule has 0 saturated heterocycles. The van der Waals surface area contributed by atoms with Gasteiger partial charge in [-0.15, -0.1) is 0 Å². The van der Waals surface area contributed by atoms with E-state index in [-0.39, 0.29) is 5.60 Å². The van der Waals surface area contributed by atoms with Crippen molar-refractivity contribution in [2.45, 2.75) is 31.3 Å². The molecule has 1 fully saturated rings. The van der Waals surface area contributed by atoms with E-state index in [0.717, 1.165) is 35.9 Å². The van der Waals surface area contributed by atoms with E-state index in [4.69, 9.17) is 4.74 Å². The Labute approximate surface area is 98.4 Å². The lowest BCUT2D eigenvalue weighted by Gasteiger charge is -2.09. The minimum atomic E-state index is -0.355. The third-order valence-electron chi connectivity index (χ3n) is 2.92. The van der Waals surface area contributed by atoms with Crippen molar-refractivity contribution >= 4 is 15.9 Å². The second-order valence-corrected chi connectivity index (χ2v) is 5.05. The number of hydrogen-bond acceptors (Lipinski definition) is 2. The van der Waals surface area contributed by atoms with Gasteiger partial charge in [-0.3, -0.25) is 0 Å². The Morgan fingerprint density at radius 3 is 2.73 bits per heavy atom. The molecule has 2 nitrogen and oxygen atoms in total. The lowest BCUT2D eigenvalue weighted by Crippen LogP contribution is -2.07. The maximum Gasteiger partial charge on any atom is 0.133 e. The summed E-state index contributed by atoms with van der Waals surface area (Å²) < 4.78 is 6.14. The van der Waals surface area contributed by atoms with Crippen molar-refractivity contribution in [3.63, 3.8) is 0 Å². The number of aryl methyl sites for hydroxylation is 1. The Bertz CT molecular complexity index is 359. The Morgan fingerprint density at radius 1 is 1.47 bits per heavy atom. The number of benzene rings is 1. The molecule has 0 radical (unpaired) electrons. The van der Waals surface area contributed by atoms with Gasteiger partial charge in [-0.1, -0.05) is 6.07 Å². The van der Waals surface area contributed by atoms with E-state index < -0.39 is 0 Å². The average molecular weight is 271 g/mol. The van der Waals surface area contributed by atoms with Crippen molar-refractivity contribution in [1.29, 1.82) is 0 Å². The standard InChI is InChI=1S/C12H15BrO2/c1-15-11-3-2-9(8-10(11)13)4-5-12(14)6-7-12/h2-3,8,14H,4-7H2,1H3. The molecule has 0 unspecified atom stereocenters. The molecule has 15 heavy (non-hydrogen) atoms. The Morgan fingerprint density at radius 2 is 2.20 bits per heavy atom. The SMILES string of the molecule is COc1ccc(CCC2(O)CC2)cc1Br. The molecule has 0 aromatic heterocycles. The zero-order valence-corrected chi connectivity index (χ0v) is 10.4. The molecule has 1 aliphatic carbocycles. The van der Waals surface area contributed by atoms with Gasteiger partial charge in [-0.25, -0.2) is 0 Å². The molecule has 1 aliphatic rings. The molecule has 0 spiro atoms. The fourth-order valence-electron chi connectivity index (χ4n) is 1.64. The molecule has 1 N–H and O–H groups in total. The first-order valence-corrected chi connectivity index (χ1v) is 5.97. The van der Waals surface area contributed by atoms with Crippen LogP contribution < -0.4 is 4.74 Å². The van der Waals surface area contributed by atoms with Gasteiger partial charge >= 0.3 is 0 Å². The van der Waals surface area contributed by atoms with E-state index in [1.807, 2.05) is 6.07 Å². The quantitative estimate of drug-likeness (QED) is 0.912. The Hall–Kier alpha value is -0.540. The first-order chi connectivity index (χ1) is 7.13. The lowest BCUT2D eigenvalue weighted by molar-refractivity contribution is 0.140. The smallest absolute Gasteiger partial charge is 0.133 e. The van der Waals surface area contributed by atoms with Crippen LogP contribution in [0, 0.1) is 0 Å². The predicted molar refractivity (Wildman–Crippen MR) is 63.2 cm³/mol. The third-order valence-corrected chi connectivity index (χ3v) is 3.54. The van der Waals surface area contributed by atoms with Crippen LogP contribution in [0.3, 0.4) is 0 Å². The highest BCUT2D eigenvalue weighted by Crippen LogP contribution is 2.39. The van der Waals surface area contributed by atoms with Crippen LogP contribution in [0.25, 0.3) is 0 Å². The van der Waals surface area contributed by atoms with Crippen LogP contribution >= 0.6 is 15.9 Å². The first-order valence-electron chi connectivity index (χ1n) is 5.18. The number of ether oxygens (including phenoxy) is 1. The summed E-state index contributed by atoms with van der Waals surface area (Å²) in [5.41, 5.74) is 0.884. The van der Waals surface area contributed by atoms with Crippen molar-refractivity contribution in [3.05, 3.63) is 28.2 Å². The topological polar surface area (TPSA) is 29.5 Å². The van der Waals surface area contributed by atoms with Crippen molar-refractivity contribution in [2.24, 2.45) is 0 Å². The molecule has 0 heterocycles. The highest BCUT2D eigenvalue weighted by molar-refractivity contribution is 9.10. The molecule has 0 atom stereocenters. The number of methoxy groups -OCH3 is 1. The highest BCUT2D eigenvalue weighted by atomic mass is 79.9. The van der Waals surface area contributed by atoms with E-state index >= 15 is 0 Å². The van der Waals surface area contributed by atoms with Gasteiger partial charge in [-0.2, -0.15) is 0 Å². The number of halogens is 1. The minimum absolute atomic E-state index is 0.355. The summed E-state index contributed by atoms with van der Waals surface area (Å²) in [6, 6.07) is 6.07. The minimum Gasteiger partial charge on any atom is -0.496 e. The molecule has 82 valence electrons. The monoisotopic (exact) mass is 270 g/mol. The first kappa shape index (κ1) is 11.0. The summed E-state index contributed by atoms with van der Waals surface area (Å²) >= 11 is 3.46. The maximum atomic E-state index is 9.72. The summed E-state index contributed by atoms with van der Waals surface area (Å²) in [5.74, 6) is 0.851. The Balaban J connectivity index is 1.99. The zero-order chi connectivity index (χ0) is 10.9. The van der Waals surface area contributed by atoms with E-state index in [9.17, 15) is 5.11 Å². The molecule has 0 bridgehead atoms. The van der Waals surface area contributed by atoms with E-state index in [0.29, 0.717) is 0 Å². The molecule has 0 amide bonds. The molecular formula is C12H15BrO2. The van der Waals surface area contributed by atoms with Crippen LogP contribution in [0.4, 0.5) is 0 Å². The van der Waals surface area contributed by atoms with Gasteiger partial charge in [0.25, 0.3) is 0 Å². The van der Waals surface area contributed by atoms with Crippen LogP contribution in [-0.2, 0) is 6.42 Å². The summed E-state index contributed by atoms with van der Waals surface area (Å²) in [4.78, 5) is 0. The number of rotatable bonds is 4. The van der Waals surface area contributed by atoms with Crippen LogP contribution in [0.5, 0.6) is 5.75 Å². The van der Waals surface area contributed by atoms with Crippen molar-refractivity contribution in [3.8, 4) is 5.75 Å². The van der Waals surface area contributed by atoms with Crippen LogP contribution in [0.1, 0.15) is 24.8 Å². The predicted octanol–water partition coefficient (Wildman–Crippen LogP) is 2.92. The summed E-state index contributed by atoms with van der Waals surface area (Å²) in [5, 5.41) is 9.72. The lowest BCUT2D eigenvalue weighted by atomic mass is 10.1. The molecule has 0 aliphatic heterocycles. The van der Waals surface area contributed by atoms with Crippen molar-refractivity contribution in [2.75, 3.05) is 7.11 Å². The van der Waals surface area contributed by atoms with Gasteiger partial charge in [0, 0.05) is 0 Å². The third kappa shape index (κ3) is 2.73.